The molecule has 4 aliphatic rings. The van der Waals surface area contributed by atoms with Crippen LogP contribution in [0.25, 0.3) is 0 Å². The summed E-state index contributed by atoms with van der Waals surface area (Å²) in [5.41, 5.74) is 1.33. The highest BCUT2D eigenvalue weighted by Crippen LogP contribution is 2.66. The van der Waals surface area contributed by atoms with Gasteiger partial charge in [0.05, 0.1) is 6.10 Å². The summed E-state index contributed by atoms with van der Waals surface area (Å²) in [5, 5.41) is 11.5. The molecule has 0 aromatic heterocycles. The summed E-state index contributed by atoms with van der Waals surface area (Å²) < 4.78 is 5.90. The Bertz CT molecular complexity index is 772. The van der Waals surface area contributed by atoms with E-state index in [1.165, 1.54) is 24.8 Å². The first-order chi connectivity index (χ1) is 15.7. The quantitative estimate of drug-likeness (QED) is 0.260. The van der Waals surface area contributed by atoms with E-state index < -0.39 is 0 Å². The Morgan fingerprint density at radius 2 is 1.88 bits per heavy atom. The molecule has 0 amide bonds. The normalized spacial score (nSPS) is 42.0. The number of rotatable bonds is 8. The third-order valence-corrected chi connectivity index (χ3v) is 10.3. The Hall–Kier alpha value is -1.16. The van der Waals surface area contributed by atoms with Gasteiger partial charge in [0.15, 0.2) is 0 Å². The fourth-order valence-corrected chi connectivity index (χ4v) is 8.65. The molecule has 0 bridgehead atoms. The minimum Gasteiger partial charge on any atom is -0.462 e. The number of carbonyl (C=O) groups excluding carboxylic acids is 2. The molecule has 0 aromatic rings. The van der Waals surface area contributed by atoms with E-state index in [0.717, 1.165) is 57.8 Å². The van der Waals surface area contributed by atoms with Crippen molar-refractivity contribution in [1.29, 1.82) is 0 Å². The second-order valence-electron chi connectivity index (χ2n) is 12.2. The molecule has 1 N–H and O–H groups in total. The molecule has 4 aliphatic carbocycles. The van der Waals surface area contributed by atoms with Gasteiger partial charge in [0, 0.05) is 18.8 Å². The maximum Gasteiger partial charge on any atom is 0.306 e. The molecular formula is C29H46O4. The van der Waals surface area contributed by atoms with Crippen molar-refractivity contribution >= 4 is 11.8 Å². The van der Waals surface area contributed by atoms with E-state index in [9.17, 15) is 14.7 Å². The Balaban J connectivity index is 1.41. The first-order valence-corrected chi connectivity index (χ1v) is 13.8. The fraction of sp³-hybridized carbons (Fsp3) is 0.862. The molecule has 0 radical (unpaired) electrons. The first-order valence-electron chi connectivity index (χ1n) is 13.8. The molecule has 0 heterocycles. The van der Waals surface area contributed by atoms with Gasteiger partial charge in [0.1, 0.15) is 11.9 Å². The second-order valence-corrected chi connectivity index (χ2v) is 12.2. The average molecular weight is 459 g/mol. The highest BCUT2D eigenvalue weighted by Gasteiger charge is 2.62. The van der Waals surface area contributed by atoms with E-state index in [-0.39, 0.29) is 40.8 Å². The van der Waals surface area contributed by atoms with Gasteiger partial charge in [0.2, 0.25) is 0 Å². The molecule has 33 heavy (non-hydrogen) atoms. The van der Waals surface area contributed by atoms with Crippen LogP contribution in [-0.2, 0) is 14.3 Å². The highest BCUT2D eigenvalue weighted by atomic mass is 16.5. The molecule has 3 saturated carbocycles. The lowest BCUT2D eigenvalue weighted by Crippen LogP contribution is -2.56. The molecule has 0 aliphatic heterocycles. The largest absolute Gasteiger partial charge is 0.462 e. The summed E-state index contributed by atoms with van der Waals surface area (Å²) in [7, 11) is 0. The summed E-state index contributed by atoms with van der Waals surface area (Å²) in [4.78, 5) is 24.8. The maximum atomic E-state index is 12.4. The Morgan fingerprint density at radius 1 is 1.12 bits per heavy atom. The Morgan fingerprint density at radius 3 is 2.61 bits per heavy atom. The van der Waals surface area contributed by atoms with Gasteiger partial charge >= 0.3 is 5.97 Å². The zero-order valence-electron chi connectivity index (χ0n) is 21.4. The average Bonchev–Trinajstić information content (AvgIpc) is 3.10. The number of fused-ring (bicyclic) bond motifs is 5. The zero-order valence-corrected chi connectivity index (χ0v) is 21.4. The van der Waals surface area contributed by atoms with Crippen molar-refractivity contribution in [3.63, 3.8) is 0 Å². The van der Waals surface area contributed by atoms with Gasteiger partial charge in [-0.05, 0) is 80.5 Å². The number of aliphatic hydroxyl groups is 1. The molecule has 4 nitrogen and oxygen atoms in total. The minimum absolute atomic E-state index is 0.0106. The predicted molar refractivity (Wildman–Crippen MR) is 131 cm³/mol. The number of hydrogen-bond acceptors (Lipinski definition) is 4. The van der Waals surface area contributed by atoms with Crippen LogP contribution in [0.4, 0.5) is 0 Å². The van der Waals surface area contributed by atoms with Crippen LogP contribution in [-0.4, -0.2) is 29.1 Å². The van der Waals surface area contributed by atoms with E-state index in [0.29, 0.717) is 24.0 Å². The molecule has 4 rings (SSSR count). The minimum atomic E-state index is -0.355. The van der Waals surface area contributed by atoms with Gasteiger partial charge in [-0.15, -0.1) is 0 Å². The maximum absolute atomic E-state index is 12.4. The third kappa shape index (κ3) is 4.58. The van der Waals surface area contributed by atoms with Crippen LogP contribution in [0.1, 0.15) is 111 Å². The Labute approximate surface area is 200 Å². The van der Waals surface area contributed by atoms with Gasteiger partial charge in [-0.1, -0.05) is 58.1 Å². The summed E-state index contributed by atoms with van der Waals surface area (Å²) in [6, 6.07) is 0. The fourth-order valence-electron chi connectivity index (χ4n) is 8.65. The molecule has 3 unspecified atom stereocenters. The van der Waals surface area contributed by atoms with Gasteiger partial charge in [0.25, 0.3) is 0 Å². The lowest BCUT2D eigenvalue weighted by Gasteiger charge is -2.59. The number of allylic oxidation sites excluding steroid dienone is 1. The Kier molecular flexibility index (Phi) is 7.44. The van der Waals surface area contributed by atoms with Crippen molar-refractivity contribution in [3.05, 3.63) is 11.6 Å². The molecule has 186 valence electrons. The van der Waals surface area contributed by atoms with Gasteiger partial charge in [-0.3, -0.25) is 9.59 Å². The number of ether oxygens (including phenoxy) is 1. The van der Waals surface area contributed by atoms with E-state index in [1.54, 1.807) is 6.92 Å². The number of unbranched alkanes of at least 4 members (excludes halogenated alkanes) is 4. The molecule has 8 atom stereocenters. The number of ketones is 1. The van der Waals surface area contributed by atoms with Crippen molar-refractivity contribution in [1.82, 2.24) is 0 Å². The van der Waals surface area contributed by atoms with Crippen molar-refractivity contribution in [2.24, 2.45) is 34.5 Å². The van der Waals surface area contributed by atoms with Crippen LogP contribution in [0.3, 0.4) is 0 Å². The van der Waals surface area contributed by atoms with E-state index in [4.69, 9.17) is 4.74 Å². The summed E-state index contributed by atoms with van der Waals surface area (Å²) in [5.74, 6) is 1.61. The van der Waals surface area contributed by atoms with Crippen molar-refractivity contribution in [2.75, 3.05) is 0 Å². The zero-order chi connectivity index (χ0) is 23.8. The summed E-state index contributed by atoms with van der Waals surface area (Å²) in [6.45, 7) is 8.57. The number of esters is 1. The molecule has 3 fully saturated rings. The topological polar surface area (TPSA) is 63.6 Å². The van der Waals surface area contributed by atoms with E-state index >= 15 is 0 Å². The highest BCUT2D eigenvalue weighted by molar-refractivity contribution is 5.79. The van der Waals surface area contributed by atoms with E-state index in [1.807, 2.05) is 0 Å². The summed E-state index contributed by atoms with van der Waals surface area (Å²) >= 11 is 0. The predicted octanol–water partition coefficient (Wildman–Crippen LogP) is 6.40. The third-order valence-electron chi connectivity index (χ3n) is 10.3. The monoisotopic (exact) mass is 458 g/mol. The molecule has 0 spiro atoms. The first kappa shape index (κ1) is 24.9. The number of Topliss-reactive ketones (excluding diaryl/α,β-unsaturated/α-hetero) is 1. The molecule has 0 aromatic carbocycles. The van der Waals surface area contributed by atoms with Gasteiger partial charge in [-0.2, -0.15) is 0 Å². The smallest absolute Gasteiger partial charge is 0.306 e. The van der Waals surface area contributed by atoms with Crippen LogP contribution < -0.4 is 0 Å². The van der Waals surface area contributed by atoms with Gasteiger partial charge in [-0.25, -0.2) is 0 Å². The van der Waals surface area contributed by atoms with Crippen LogP contribution in [0, 0.1) is 34.5 Å². The van der Waals surface area contributed by atoms with Gasteiger partial charge < -0.3 is 9.84 Å². The van der Waals surface area contributed by atoms with Crippen LogP contribution in [0.2, 0.25) is 0 Å². The SMILES string of the molecule is CCCCCCCC(=O)O[C@H]1CC[C@@]2(C)C(=CCC3C2[C@@H](O)C[C@@]2(C)C3CC[C@@H]2C(C)=O)C1. The van der Waals surface area contributed by atoms with Crippen molar-refractivity contribution < 1.29 is 19.4 Å². The molecule has 4 heteroatoms. The van der Waals surface area contributed by atoms with Crippen LogP contribution in [0.15, 0.2) is 11.6 Å². The molecule has 0 saturated heterocycles. The second kappa shape index (κ2) is 9.84. The number of hydrogen-bond donors (Lipinski definition) is 1. The van der Waals surface area contributed by atoms with E-state index in [2.05, 4.69) is 26.8 Å². The lowest BCUT2D eigenvalue weighted by molar-refractivity contribution is -0.155. The van der Waals surface area contributed by atoms with Crippen LogP contribution in [0.5, 0.6) is 0 Å². The van der Waals surface area contributed by atoms with Crippen molar-refractivity contribution in [3.8, 4) is 0 Å². The number of aliphatic hydroxyl groups excluding tert-OH is 1. The number of carbonyl (C=O) groups is 2. The molecular weight excluding hydrogens is 412 g/mol. The standard InChI is InChI=1S/C29H46O4/c1-5-6-7-8-9-10-26(32)33-21-15-16-28(3)20(17-21)11-12-22-24-14-13-23(19(2)30)29(24,4)18-25(31)27(22)28/h11,21-25,27,31H,5-10,12-18H2,1-4H3/t21-,22?,23+,24?,25-,27?,28-,29+/m0/s1. The van der Waals surface area contributed by atoms with Crippen molar-refractivity contribution in [2.45, 2.75) is 123 Å². The van der Waals surface area contributed by atoms with Crippen LogP contribution >= 0.6 is 0 Å². The lowest BCUT2D eigenvalue weighted by atomic mass is 9.46. The summed E-state index contributed by atoms with van der Waals surface area (Å²) in [6.07, 6.45) is 14.9.